The van der Waals surface area contributed by atoms with Crippen LogP contribution in [0.3, 0.4) is 0 Å². The molecule has 25 heavy (non-hydrogen) atoms. The van der Waals surface area contributed by atoms with Gasteiger partial charge >= 0.3 is 12.5 Å². The lowest BCUT2D eigenvalue weighted by atomic mass is 10.1. The Morgan fingerprint density at radius 1 is 1.04 bits per heavy atom. The first-order valence-electron chi connectivity index (χ1n) is 6.83. The van der Waals surface area contributed by atoms with E-state index >= 15 is 0 Å². The molecule has 0 atom stereocenters. The van der Waals surface area contributed by atoms with Gasteiger partial charge in [-0.15, -0.1) is 13.2 Å². The SMILES string of the molecule is Cc1cc(OC(F)(F)F)ccc1-c1ccn2ncc(C(F)(F)F)c2n1. The molecule has 0 spiro atoms. The van der Waals surface area contributed by atoms with Crippen molar-refractivity contribution in [2.45, 2.75) is 19.5 Å². The lowest BCUT2D eigenvalue weighted by Crippen LogP contribution is -2.17. The number of nitrogens with zero attached hydrogens (tertiary/aromatic N) is 3. The molecule has 2 heterocycles. The molecule has 4 nitrogen and oxygen atoms in total. The van der Waals surface area contributed by atoms with E-state index in [1.807, 2.05) is 0 Å². The summed E-state index contributed by atoms with van der Waals surface area (Å²) in [5.41, 5.74) is -0.461. The molecule has 0 radical (unpaired) electrons. The zero-order chi connectivity index (χ0) is 18.4. The number of halogens is 6. The Bertz CT molecular complexity index is 929. The minimum atomic E-state index is -4.83. The molecule has 0 aliphatic heterocycles. The van der Waals surface area contributed by atoms with Crippen molar-refractivity contribution in [3.63, 3.8) is 0 Å². The minimum absolute atomic E-state index is 0.176. The van der Waals surface area contributed by atoms with Gasteiger partial charge in [-0.1, -0.05) is 0 Å². The first-order valence-corrected chi connectivity index (χ1v) is 6.83. The van der Waals surface area contributed by atoms with Crippen LogP contribution >= 0.6 is 0 Å². The van der Waals surface area contributed by atoms with Crippen LogP contribution in [-0.2, 0) is 6.18 Å². The molecule has 0 aliphatic rings. The molecule has 0 unspecified atom stereocenters. The van der Waals surface area contributed by atoms with Crippen molar-refractivity contribution in [2.75, 3.05) is 0 Å². The molecule has 3 rings (SSSR count). The van der Waals surface area contributed by atoms with E-state index in [2.05, 4.69) is 14.8 Å². The highest BCUT2D eigenvalue weighted by molar-refractivity contribution is 5.67. The van der Waals surface area contributed by atoms with E-state index in [1.165, 1.54) is 25.3 Å². The maximum Gasteiger partial charge on any atom is 0.573 e. The molecule has 0 saturated heterocycles. The summed E-state index contributed by atoms with van der Waals surface area (Å²) in [5, 5.41) is 3.59. The number of aromatic nitrogens is 3. The smallest absolute Gasteiger partial charge is 0.406 e. The normalized spacial score (nSPS) is 12.6. The lowest BCUT2D eigenvalue weighted by Gasteiger charge is -2.12. The van der Waals surface area contributed by atoms with Crippen LogP contribution in [0.15, 0.2) is 36.7 Å². The van der Waals surface area contributed by atoms with Crippen LogP contribution in [0.5, 0.6) is 5.75 Å². The van der Waals surface area contributed by atoms with Crippen LogP contribution < -0.4 is 4.74 Å². The Labute approximate surface area is 136 Å². The summed E-state index contributed by atoms with van der Waals surface area (Å²) in [5.74, 6) is -0.421. The minimum Gasteiger partial charge on any atom is -0.406 e. The summed E-state index contributed by atoms with van der Waals surface area (Å²) in [6.07, 6.45) is -7.48. The molecular formula is C15H9F6N3O. The van der Waals surface area contributed by atoms with Crippen molar-refractivity contribution in [3.8, 4) is 17.0 Å². The van der Waals surface area contributed by atoms with Crippen molar-refractivity contribution in [3.05, 3.63) is 47.8 Å². The number of benzene rings is 1. The molecule has 3 aromatic rings. The van der Waals surface area contributed by atoms with Crippen LogP contribution in [0, 0.1) is 6.92 Å². The highest BCUT2D eigenvalue weighted by atomic mass is 19.4. The maximum absolute atomic E-state index is 13.0. The Morgan fingerprint density at radius 3 is 2.36 bits per heavy atom. The van der Waals surface area contributed by atoms with Gasteiger partial charge in [-0.05, 0) is 36.8 Å². The van der Waals surface area contributed by atoms with Gasteiger partial charge in [0.05, 0.1) is 11.9 Å². The average molecular weight is 361 g/mol. The topological polar surface area (TPSA) is 39.4 Å². The van der Waals surface area contributed by atoms with Crippen molar-refractivity contribution < 1.29 is 31.1 Å². The van der Waals surface area contributed by atoms with Gasteiger partial charge in [0.15, 0.2) is 5.65 Å². The summed E-state index contributed by atoms with van der Waals surface area (Å²) in [6.45, 7) is 1.51. The lowest BCUT2D eigenvalue weighted by molar-refractivity contribution is -0.274. The number of alkyl halides is 6. The Morgan fingerprint density at radius 2 is 1.76 bits per heavy atom. The fourth-order valence-electron chi connectivity index (χ4n) is 2.34. The van der Waals surface area contributed by atoms with Crippen LogP contribution in [0.1, 0.15) is 11.1 Å². The van der Waals surface area contributed by atoms with Crippen LogP contribution in [0.4, 0.5) is 26.3 Å². The molecule has 1 aromatic carbocycles. The average Bonchev–Trinajstić information content (AvgIpc) is 2.88. The first-order chi connectivity index (χ1) is 11.5. The number of ether oxygens (including phenoxy) is 1. The molecular weight excluding hydrogens is 352 g/mol. The number of fused-ring (bicyclic) bond motifs is 1. The van der Waals surface area contributed by atoms with Crippen molar-refractivity contribution in [1.29, 1.82) is 0 Å². The molecule has 0 N–H and O–H groups in total. The van der Waals surface area contributed by atoms with E-state index in [1.54, 1.807) is 0 Å². The number of hydrogen-bond acceptors (Lipinski definition) is 3. The van der Waals surface area contributed by atoms with Gasteiger partial charge in [0, 0.05) is 11.8 Å². The third kappa shape index (κ3) is 3.52. The molecule has 0 bridgehead atoms. The quantitative estimate of drug-likeness (QED) is 0.625. The second-order valence-electron chi connectivity index (χ2n) is 5.16. The van der Waals surface area contributed by atoms with Crippen LogP contribution in [0.2, 0.25) is 0 Å². The van der Waals surface area contributed by atoms with Crippen molar-refractivity contribution in [2.24, 2.45) is 0 Å². The second-order valence-corrected chi connectivity index (χ2v) is 5.16. The van der Waals surface area contributed by atoms with E-state index in [9.17, 15) is 26.3 Å². The van der Waals surface area contributed by atoms with Gasteiger partial charge in [-0.3, -0.25) is 0 Å². The Hall–Kier alpha value is -2.78. The third-order valence-electron chi connectivity index (χ3n) is 3.38. The molecule has 0 fully saturated rings. The molecule has 0 saturated carbocycles. The summed E-state index contributed by atoms with van der Waals surface area (Å²) in [4.78, 5) is 3.95. The monoisotopic (exact) mass is 361 g/mol. The number of rotatable bonds is 2. The van der Waals surface area contributed by atoms with Gasteiger partial charge in [0.25, 0.3) is 0 Å². The van der Waals surface area contributed by atoms with Gasteiger partial charge in [0.1, 0.15) is 11.3 Å². The van der Waals surface area contributed by atoms with E-state index in [0.29, 0.717) is 17.3 Å². The van der Waals surface area contributed by atoms with Crippen LogP contribution in [0.25, 0.3) is 16.9 Å². The summed E-state index contributed by atoms with van der Waals surface area (Å²) in [6, 6.07) is 4.93. The molecule has 0 amide bonds. The molecule has 2 aromatic heterocycles. The first kappa shape index (κ1) is 17.1. The Kier molecular flexibility index (Phi) is 3.85. The molecule has 10 heteroatoms. The summed E-state index contributed by atoms with van der Waals surface area (Å²) >= 11 is 0. The van der Waals surface area contributed by atoms with Gasteiger partial charge in [-0.25, -0.2) is 9.50 Å². The van der Waals surface area contributed by atoms with E-state index in [4.69, 9.17) is 0 Å². The van der Waals surface area contributed by atoms with E-state index in [-0.39, 0.29) is 11.3 Å². The third-order valence-corrected chi connectivity index (χ3v) is 3.38. The molecule has 0 aliphatic carbocycles. The highest BCUT2D eigenvalue weighted by Gasteiger charge is 2.35. The summed E-state index contributed by atoms with van der Waals surface area (Å²) in [7, 11) is 0. The summed E-state index contributed by atoms with van der Waals surface area (Å²) < 4.78 is 80.4. The fraction of sp³-hybridized carbons (Fsp3) is 0.200. The fourth-order valence-corrected chi connectivity index (χ4v) is 2.34. The van der Waals surface area contributed by atoms with E-state index < -0.39 is 23.9 Å². The van der Waals surface area contributed by atoms with Gasteiger partial charge in [0.2, 0.25) is 0 Å². The van der Waals surface area contributed by atoms with Crippen LogP contribution in [-0.4, -0.2) is 21.0 Å². The maximum atomic E-state index is 13.0. The van der Waals surface area contributed by atoms with E-state index in [0.717, 1.165) is 16.6 Å². The second kappa shape index (κ2) is 5.64. The van der Waals surface area contributed by atoms with Gasteiger partial charge in [-0.2, -0.15) is 18.3 Å². The van der Waals surface area contributed by atoms with Crippen molar-refractivity contribution in [1.82, 2.24) is 14.6 Å². The predicted octanol–water partition coefficient (Wildman–Crippen LogP) is 4.62. The van der Waals surface area contributed by atoms with Crippen molar-refractivity contribution >= 4 is 5.65 Å². The number of hydrogen-bond donors (Lipinski definition) is 0. The standard InChI is InChI=1S/C15H9F6N3O/c1-8-6-9(25-15(19,20)21)2-3-10(8)12-4-5-24-13(23-12)11(7-22-24)14(16,17)18/h2-7H,1H3. The largest absolute Gasteiger partial charge is 0.573 e. The highest BCUT2D eigenvalue weighted by Crippen LogP contribution is 2.33. The Balaban J connectivity index is 2.04. The predicted molar refractivity (Wildman–Crippen MR) is 74.8 cm³/mol. The zero-order valence-corrected chi connectivity index (χ0v) is 12.5. The zero-order valence-electron chi connectivity index (χ0n) is 12.5. The van der Waals surface area contributed by atoms with Gasteiger partial charge < -0.3 is 4.74 Å². The number of aryl methyl sites for hydroxylation is 1. The molecule has 132 valence electrons.